The highest BCUT2D eigenvalue weighted by Gasteiger charge is 2.18. The number of aliphatic hydroxyl groups is 2. The Labute approximate surface area is 411 Å². The van der Waals surface area contributed by atoms with Crippen LogP contribution in [0.25, 0.3) is 0 Å². The average Bonchev–Trinajstić information content (AvgIpc) is 3.32. The lowest BCUT2D eigenvalue weighted by molar-refractivity contribution is -0.143. The molecule has 1 amide bonds. The molecule has 3 N–H and O–H groups in total. The second-order valence-corrected chi connectivity index (χ2v) is 20.0. The summed E-state index contributed by atoms with van der Waals surface area (Å²) < 4.78 is 5.45. The highest BCUT2D eigenvalue weighted by Crippen LogP contribution is 2.16. The van der Waals surface area contributed by atoms with Gasteiger partial charge in [-0.2, -0.15) is 0 Å². The number of amides is 1. The van der Waals surface area contributed by atoms with Crippen LogP contribution in [0.5, 0.6) is 0 Å². The molecule has 0 spiro atoms. The molecule has 388 valence electrons. The summed E-state index contributed by atoms with van der Waals surface area (Å²) >= 11 is 0. The number of allylic oxidation sites excluding steroid dienone is 5. The van der Waals surface area contributed by atoms with Crippen LogP contribution < -0.4 is 5.32 Å². The molecule has 6 heteroatoms. The van der Waals surface area contributed by atoms with Crippen molar-refractivity contribution in [3.05, 3.63) is 36.5 Å². The van der Waals surface area contributed by atoms with Gasteiger partial charge in [-0.3, -0.25) is 9.59 Å². The van der Waals surface area contributed by atoms with Crippen LogP contribution in [0.2, 0.25) is 0 Å². The fourth-order valence-corrected chi connectivity index (χ4v) is 8.87. The monoisotopic (exact) mass is 928 g/mol. The Hall–Kier alpha value is -1.92. The third kappa shape index (κ3) is 51.5. The van der Waals surface area contributed by atoms with Crippen molar-refractivity contribution in [3.8, 4) is 0 Å². The molecule has 0 saturated heterocycles. The Morgan fingerprint density at radius 3 is 1.11 bits per heavy atom. The van der Waals surface area contributed by atoms with Crippen molar-refractivity contribution < 1.29 is 24.5 Å². The molecule has 0 aromatic rings. The third-order valence-corrected chi connectivity index (χ3v) is 13.4. The van der Waals surface area contributed by atoms with E-state index < -0.39 is 12.1 Å². The van der Waals surface area contributed by atoms with E-state index in [9.17, 15) is 19.8 Å². The normalized spacial score (nSPS) is 12.8. The van der Waals surface area contributed by atoms with Crippen LogP contribution in [-0.2, 0) is 14.3 Å². The molecule has 0 rings (SSSR count). The van der Waals surface area contributed by atoms with Crippen molar-refractivity contribution in [2.24, 2.45) is 0 Å². The molecule has 0 bridgehead atoms. The number of unbranched alkanes of at least 4 members (excludes halogenated alkanes) is 39. The van der Waals surface area contributed by atoms with Gasteiger partial charge in [0, 0.05) is 12.8 Å². The van der Waals surface area contributed by atoms with Crippen LogP contribution in [0.15, 0.2) is 36.5 Å². The second kappa shape index (κ2) is 55.7. The van der Waals surface area contributed by atoms with Crippen molar-refractivity contribution >= 4 is 11.9 Å². The Balaban J connectivity index is 3.55. The van der Waals surface area contributed by atoms with Gasteiger partial charge in [0.1, 0.15) is 0 Å². The SMILES string of the molecule is CCCCCCCCC/C=C\CCCCCCCCCC(=O)OCCCCCC/C=C\CCCC(=O)NC(CO)C(O)/C=C/CCCCCCCCCCCCCCCCCCCCCC. The largest absolute Gasteiger partial charge is 0.466 e. The number of esters is 1. The van der Waals surface area contributed by atoms with E-state index in [2.05, 4.69) is 43.5 Å². The molecule has 0 fully saturated rings. The molecule has 0 aliphatic carbocycles. The van der Waals surface area contributed by atoms with Crippen molar-refractivity contribution in [3.63, 3.8) is 0 Å². The summed E-state index contributed by atoms with van der Waals surface area (Å²) in [5.74, 6) is -0.167. The molecule has 0 aromatic heterocycles. The summed E-state index contributed by atoms with van der Waals surface area (Å²) in [5, 5.41) is 23.1. The van der Waals surface area contributed by atoms with Gasteiger partial charge in [-0.15, -0.1) is 0 Å². The van der Waals surface area contributed by atoms with Crippen LogP contribution in [0.1, 0.15) is 309 Å². The molecular formula is C60H113NO5. The van der Waals surface area contributed by atoms with Crippen molar-refractivity contribution in [1.29, 1.82) is 0 Å². The van der Waals surface area contributed by atoms with Crippen molar-refractivity contribution in [2.45, 2.75) is 321 Å². The van der Waals surface area contributed by atoms with E-state index in [0.29, 0.717) is 19.4 Å². The molecular weight excluding hydrogens is 815 g/mol. The van der Waals surface area contributed by atoms with Crippen LogP contribution in [0, 0.1) is 0 Å². The highest BCUT2D eigenvalue weighted by atomic mass is 16.5. The Morgan fingerprint density at radius 1 is 0.409 bits per heavy atom. The maximum atomic E-state index is 12.5. The molecule has 0 radical (unpaired) electrons. The Morgan fingerprint density at radius 2 is 0.727 bits per heavy atom. The van der Waals surface area contributed by atoms with Gasteiger partial charge in [-0.25, -0.2) is 0 Å². The molecule has 6 nitrogen and oxygen atoms in total. The number of nitrogens with one attached hydrogen (secondary N) is 1. The maximum Gasteiger partial charge on any atom is 0.305 e. The molecule has 0 aliphatic heterocycles. The standard InChI is InChI=1S/C60H113NO5/c1-3-5-7-9-11-13-15-17-19-21-23-24-25-26-27-29-31-33-36-40-44-48-52-58(63)57(56-62)61-59(64)53-49-45-41-37-35-39-43-47-51-55-66-60(65)54-50-46-42-38-34-32-30-28-22-20-18-16-14-12-10-8-6-4-2/h20,22,37,41,48,52,57-58,62-63H,3-19,21,23-36,38-40,42-47,49-51,53-56H2,1-2H3,(H,61,64)/b22-20-,41-37-,52-48+. The molecule has 2 unspecified atom stereocenters. The van der Waals surface area contributed by atoms with E-state index in [1.165, 1.54) is 212 Å². The lowest BCUT2D eigenvalue weighted by Gasteiger charge is -2.19. The van der Waals surface area contributed by atoms with Crippen LogP contribution in [-0.4, -0.2) is 47.4 Å². The van der Waals surface area contributed by atoms with Crippen LogP contribution in [0.3, 0.4) is 0 Å². The molecule has 2 atom stereocenters. The van der Waals surface area contributed by atoms with E-state index >= 15 is 0 Å². The van der Waals surface area contributed by atoms with E-state index in [-0.39, 0.29) is 18.5 Å². The van der Waals surface area contributed by atoms with E-state index in [1.807, 2.05) is 6.08 Å². The lowest BCUT2D eigenvalue weighted by atomic mass is 10.0. The zero-order valence-corrected chi connectivity index (χ0v) is 44.2. The summed E-state index contributed by atoms with van der Waals surface area (Å²) in [6.07, 6.45) is 68.9. The summed E-state index contributed by atoms with van der Waals surface area (Å²) in [5.41, 5.74) is 0. The van der Waals surface area contributed by atoms with E-state index in [0.717, 1.165) is 70.6 Å². The molecule has 0 aliphatic rings. The number of aliphatic hydroxyl groups excluding tert-OH is 2. The van der Waals surface area contributed by atoms with Gasteiger partial charge in [0.25, 0.3) is 0 Å². The fraction of sp³-hybridized carbons (Fsp3) is 0.867. The van der Waals surface area contributed by atoms with Crippen molar-refractivity contribution in [1.82, 2.24) is 5.32 Å². The van der Waals surface area contributed by atoms with Gasteiger partial charge in [-0.1, -0.05) is 256 Å². The predicted octanol–water partition coefficient (Wildman–Crippen LogP) is 18.0. The topological polar surface area (TPSA) is 95.9 Å². The van der Waals surface area contributed by atoms with Crippen molar-refractivity contribution in [2.75, 3.05) is 13.2 Å². The number of carbonyl (C=O) groups excluding carboxylic acids is 2. The lowest BCUT2D eigenvalue weighted by Crippen LogP contribution is -2.45. The van der Waals surface area contributed by atoms with Gasteiger partial charge >= 0.3 is 5.97 Å². The van der Waals surface area contributed by atoms with E-state index in [1.54, 1.807) is 6.08 Å². The number of hydrogen-bond acceptors (Lipinski definition) is 5. The van der Waals surface area contributed by atoms with Gasteiger partial charge in [0.15, 0.2) is 0 Å². The highest BCUT2D eigenvalue weighted by molar-refractivity contribution is 5.76. The maximum absolute atomic E-state index is 12.5. The number of hydrogen-bond donors (Lipinski definition) is 3. The number of carbonyl (C=O) groups is 2. The summed E-state index contributed by atoms with van der Waals surface area (Å²) in [6.45, 7) is 4.82. The van der Waals surface area contributed by atoms with Crippen LogP contribution in [0.4, 0.5) is 0 Å². The summed E-state index contributed by atoms with van der Waals surface area (Å²) in [6, 6.07) is -0.667. The van der Waals surface area contributed by atoms with Gasteiger partial charge < -0.3 is 20.3 Å². The first-order chi connectivity index (χ1) is 32.5. The zero-order valence-electron chi connectivity index (χ0n) is 44.2. The first-order valence-corrected chi connectivity index (χ1v) is 29.3. The van der Waals surface area contributed by atoms with Gasteiger partial charge in [-0.05, 0) is 77.0 Å². The fourth-order valence-electron chi connectivity index (χ4n) is 8.87. The Bertz CT molecular complexity index is 1070. The molecule has 66 heavy (non-hydrogen) atoms. The summed E-state index contributed by atoms with van der Waals surface area (Å²) in [4.78, 5) is 24.5. The second-order valence-electron chi connectivity index (χ2n) is 20.0. The number of ether oxygens (including phenoxy) is 1. The summed E-state index contributed by atoms with van der Waals surface area (Å²) in [7, 11) is 0. The average molecular weight is 929 g/mol. The first kappa shape index (κ1) is 64.1. The minimum absolute atomic E-state index is 0.0405. The molecule has 0 heterocycles. The predicted molar refractivity (Wildman–Crippen MR) is 287 cm³/mol. The molecule has 0 aromatic carbocycles. The van der Waals surface area contributed by atoms with Crippen LogP contribution >= 0.6 is 0 Å². The van der Waals surface area contributed by atoms with Gasteiger partial charge in [0.05, 0.1) is 25.4 Å². The molecule has 0 saturated carbocycles. The number of rotatable bonds is 54. The van der Waals surface area contributed by atoms with E-state index in [4.69, 9.17) is 4.74 Å². The zero-order chi connectivity index (χ0) is 47.9. The Kier molecular flexibility index (Phi) is 54.1. The quantitative estimate of drug-likeness (QED) is 0.0321. The smallest absolute Gasteiger partial charge is 0.305 e. The van der Waals surface area contributed by atoms with Gasteiger partial charge in [0.2, 0.25) is 5.91 Å². The third-order valence-electron chi connectivity index (χ3n) is 13.4. The minimum atomic E-state index is -0.877. The minimum Gasteiger partial charge on any atom is -0.466 e. The first-order valence-electron chi connectivity index (χ1n) is 29.3.